The molecule has 0 atom stereocenters. The molecule has 150 valence electrons. The van der Waals surface area contributed by atoms with Crippen molar-refractivity contribution in [1.82, 2.24) is 20.1 Å². The Morgan fingerprint density at radius 1 is 1.07 bits per heavy atom. The second kappa shape index (κ2) is 10.1. The van der Waals surface area contributed by atoms with Crippen LogP contribution in [0.1, 0.15) is 18.1 Å². The van der Waals surface area contributed by atoms with Gasteiger partial charge in [-0.1, -0.05) is 31.2 Å². The van der Waals surface area contributed by atoms with Crippen LogP contribution >= 0.6 is 0 Å². The summed E-state index contributed by atoms with van der Waals surface area (Å²) in [6.07, 6.45) is 1.62. The van der Waals surface area contributed by atoms with Gasteiger partial charge in [-0.25, -0.2) is 9.78 Å². The number of carbonyl (C=O) groups excluding carboxylic acids is 1. The minimum Gasteiger partial charge on any atom is -0.480 e. The van der Waals surface area contributed by atoms with Gasteiger partial charge in [0.05, 0.1) is 7.11 Å². The Balaban J connectivity index is 1.55. The number of hydrogen-bond acceptors (Lipinski definition) is 5. The van der Waals surface area contributed by atoms with Crippen molar-refractivity contribution in [2.24, 2.45) is 0 Å². The molecule has 1 aromatic heterocycles. The monoisotopic (exact) mass is 383 g/mol. The summed E-state index contributed by atoms with van der Waals surface area (Å²) in [5.74, 6) is 0.393. The molecule has 0 radical (unpaired) electrons. The number of aromatic nitrogens is 1. The van der Waals surface area contributed by atoms with Crippen LogP contribution in [0.3, 0.4) is 0 Å². The first kappa shape index (κ1) is 20.1. The fourth-order valence-electron chi connectivity index (χ4n) is 3.38. The molecule has 2 N–H and O–H groups in total. The first-order valence-corrected chi connectivity index (χ1v) is 9.75. The third-order valence-corrected chi connectivity index (χ3v) is 5.08. The number of carbonyl (C=O) groups is 1. The fourth-order valence-corrected chi connectivity index (χ4v) is 3.38. The Kier molecular flexibility index (Phi) is 7.22. The van der Waals surface area contributed by atoms with E-state index in [0.717, 1.165) is 44.8 Å². The van der Waals surface area contributed by atoms with Crippen molar-refractivity contribution in [1.29, 1.82) is 0 Å². The number of anilines is 1. The van der Waals surface area contributed by atoms with Crippen molar-refractivity contribution in [2.45, 2.75) is 20.0 Å². The molecule has 1 aliphatic heterocycles. The maximum Gasteiger partial charge on any atom is 0.319 e. The number of likely N-dealkylation sites (N-methyl/N-ethyl adjacent to an activating group) is 1. The molecule has 0 bridgehead atoms. The van der Waals surface area contributed by atoms with Gasteiger partial charge in [-0.05, 0) is 29.8 Å². The summed E-state index contributed by atoms with van der Waals surface area (Å²) in [7, 11) is 1.53. The van der Waals surface area contributed by atoms with E-state index in [2.05, 4.69) is 50.5 Å². The van der Waals surface area contributed by atoms with Crippen molar-refractivity contribution < 1.29 is 9.53 Å². The molecule has 1 aliphatic rings. The second-order valence-electron chi connectivity index (χ2n) is 6.85. The van der Waals surface area contributed by atoms with Gasteiger partial charge in [0.15, 0.2) is 0 Å². The number of methoxy groups -OCH3 is 1. The topological polar surface area (TPSA) is 69.7 Å². The first-order chi connectivity index (χ1) is 13.7. The van der Waals surface area contributed by atoms with Crippen molar-refractivity contribution in [3.8, 4) is 5.88 Å². The van der Waals surface area contributed by atoms with Crippen LogP contribution in [-0.4, -0.2) is 60.6 Å². The van der Waals surface area contributed by atoms with Crippen molar-refractivity contribution in [3.63, 3.8) is 0 Å². The van der Waals surface area contributed by atoms with E-state index < -0.39 is 0 Å². The predicted octanol–water partition coefficient (Wildman–Crippen LogP) is 2.55. The summed E-state index contributed by atoms with van der Waals surface area (Å²) in [6.45, 7) is 9.10. The molecule has 0 spiro atoms. The van der Waals surface area contributed by atoms with Crippen LogP contribution in [-0.2, 0) is 13.1 Å². The number of urea groups is 1. The number of benzene rings is 1. The number of nitrogens with zero attached hydrogens (tertiary/aromatic N) is 3. The lowest BCUT2D eigenvalue weighted by atomic mass is 10.1. The van der Waals surface area contributed by atoms with E-state index in [9.17, 15) is 4.79 Å². The third-order valence-electron chi connectivity index (χ3n) is 5.08. The molecule has 3 rings (SSSR count). The molecule has 0 unspecified atom stereocenters. The van der Waals surface area contributed by atoms with Crippen LogP contribution in [0.25, 0.3) is 0 Å². The van der Waals surface area contributed by atoms with Crippen LogP contribution in [0.4, 0.5) is 10.5 Å². The normalized spacial score (nSPS) is 15.2. The summed E-state index contributed by atoms with van der Waals surface area (Å²) in [4.78, 5) is 21.3. The fraction of sp³-hybridized carbons (Fsp3) is 0.429. The Bertz CT molecular complexity index is 775. The number of hydrogen-bond donors (Lipinski definition) is 2. The molecule has 1 fully saturated rings. The zero-order chi connectivity index (χ0) is 19.8. The minimum absolute atomic E-state index is 0.280. The summed E-state index contributed by atoms with van der Waals surface area (Å²) in [5.41, 5.74) is 2.94. The van der Waals surface area contributed by atoms with E-state index in [-0.39, 0.29) is 6.03 Å². The Morgan fingerprint density at radius 3 is 2.50 bits per heavy atom. The lowest BCUT2D eigenvalue weighted by molar-refractivity contribution is 0.131. The van der Waals surface area contributed by atoms with Crippen molar-refractivity contribution >= 4 is 11.7 Å². The highest BCUT2D eigenvalue weighted by atomic mass is 16.5. The number of piperazine rings is 1. The number of amides is 2. The molecule has 0 saturated carbocycles. The molecular weight excluding hydrogens is 354 g/mol. The smallest absolute Gasteiger partial charge is 0.319 e. The van der Waals surface area contributed by atoms with Gasteiger partial charge in [0.1, 0.15) is 5.69 Å². The third kappa shape index (κ3) is 5.43. The molecule has 28 heavy (non-hydrogen) atoms. The molecule has 2 heterocycles. The first-order valence-electron chi connectivity index (χ1n) is 9.75. The minimum atomic E-state index is -0.280. The standard InChI is InChI=1S/C21H29N5O2/c1-3-25-11-13-26(14-12-25)16-18-8-5-4-7-17(18)15-23-21(27)24-19-9-6-10-22-20(19)28-2/h4-10H,3,11-16H2,1-2H3,(H2,23,24,27). The molecule has 2 aromatic rings. The van der Waals surface area contributed by atoms with Crippen LogP contribution in [0.5, 0.6) is 5.88 Å². The van der Waals surface area contributed by atoms with E-state index in [1.54, 1.807) is 18.3 Å². The van der Waals surface area contributed by atoms with Gasteiger partial charge < -0.3 is 20.3 Å². The quantitative estimate of drug-likeness (QED) is 0.769. The zero-order valence-corrected chi connectivity index (χ0v) is 16.6. The molecule has 2 amide bonds. The van der Waals surface area contributed by atoms with Gasteiger partial charge >= 0.3 is 6.03 Å². The average molecular weight is 383 g/mol. The molecule has 7 nitrogen and oxygen atoms in total. The number of ether oxygens (including phenoxy) is 1. The maximum absolute atomic E-state index is 12.3. The van der Waals surface area contributed by atoms with Gasteiger partial charge in [-0.15, -0.1) is 0 Å². The van der Waals surface area contributed by atoms with E-state index in [4.69, 9.17) is 4.74 Å². The predicted molar refractivity (Wildman–Crippen MR) is 110 cm³/mol. The molecule has 1 aromatic carbocycles. The van der Waals surface area contributed by atoms with Crippen LogP contribution < -0.4 is 15.4 Å². The van der Waals surface area contributed by atoms with Crippen molar-refractivity contribution in [2.75, 3.05) is 45.2 Å². The number of pyridine rings is 1. The highest BCUT2D eigenvalue weighted by Crippen LogP contribution is 2.19. The zero-order valence-electron chi connectivity index (χ0n) is 16.6. The van der Waals surface area contributed by atoms with E-state index in [1.807, 2.05) is 6.07 Å². The van der Waals surface area contributed by atoms with Gasteiger partial charge in [0, 0.05) is 45.5 Å². The van der Waals surface area contributed by atoms with Gasteiger partial charge in [0.25, 0.3) is 0 Å². The lowest BCUT2D eigenvalue weighted by Gasteiger charge is -2.34. The lowest BCUT2D eigenvalue weighted by Crippen LogP contribution is -2.45. The Labute approximate surface area is 166 Å². The van der Waals surface area contributed by atoms with Crippen molar-refractivity contribution in [3.05, 3.63) is 53.7 Å². The second-order valence-corrected chi connectivity index (χ2v) is 6.85. The number of rotatable bonds is 7. The molecule has 7 heteroatoms. The Morgan fingerprint density at radius 2 is 1.79 bits per heavy atom. The molecular formula is C21H29N5O2. The largest absolute Gasteiger partial charge is 0.480 e. The highest BCUT2D eigenvalue weighted by molar-refractivity contribution is 5.90. The summed E-state index contributed by atoms with van der Waals surface area (Å²) in [5, 5.41) is 5.72. The average Bonchev–Trinajstić information content (AvgIpc) is 2.74. The molecule has 1 saturated heterocycles. The Hall–Kier alpha value is -2.64. The summed E-state index contributed by atoms with van der Waals surface area (Å²) in [6, 6.07) is 11.5. The summed E-state index contributed by atoms with van der Waals surface area (Å²) >= 11 is 0. The van der Waals surface area contributed by atoms with Crippen LogP contribution in [0.15, 0.2) is 42.6 Å². The SMILES string of the molecule is CCN1CCN(Cc2ccccc2CNC(=O)Nc2cccnc2OC)CC1. The van der Waals surface area contributed by atoms with Gasteiger partial charge in [-0.3, -0.25) is 4.90 Å². The molecule has 0 aliphatic carbocycles. The van der Waals surface area contributed by atoms with Gasteiger partial charge in [-0.2, -0.15) is 0 Å². The maximum atomic E-state index is 12.3. The number of nitrogens with one attached hydrogen (secondary N) is 2. The van der Waals surface area contributed by atoms with E-state index >= 15 is 0 Å². The van der Waals surface area contributed by atoms with Gasteiger partial charge in [0.2, 0.25) is 5.88 Å². The van der Waals surface area contributed by atoms with Crippen LogP contribution in [0, 0.1) is 0 Å². The van der Waals surface area contributed by atoms with Crippen LogP contribution in [0.2, 0.25) is 0 Å². The van der Waals surface area contributed by atoms with E-state index in [0.29, 0.717) is 18.1 Å². The summed E-state index contributed by atoms with van der Waals surface area (Å²) < 4.78 is 5.17. The van der Waals surface area contributed by atoms with E-state index in [1.165, 1.54) is 12.7 Å². The highest BCUT2D eigenvalue weighted by Gasteiger charge is 2.16.